The number of esters is 1. The van der Waals surface area contributed by atoms with Crippen molar-refractivity contribution >= 4 is 11.9 Å². The van der Waals surface area contributed by atoms with E-state index < -0.39 is 0 Å². The second-order valence-corrected chi connectivity index (χ2v) is 6.08. The highest BCUT2D eigenvalue weighted by Crippen LogP contribution is 2.05. The summed E-state index contributed by atoms with van der Waals surface area (Å²) in [6.07, 6.45) is 1.05. The zero-order valence-electron chi connectivity index (χ0n) is 15.3. The van der Waals surface area contributed by atoms with Crippen molar-refractivity contribution in [2.45, 2.75) is 53.1 Å². The third-order valence-corrected chi connectivity index (χ3v) is 3.61. The number of rotatable bonds is 9. The second kappa shape index (κ2) is 11.3. The average Bonchev–Trinajstić information content (AvgIpc) is 2.47. The summed E-state index contributed by atoms with van der Waals surface area (Å²) in [5.74, 6) is 0.310. The molecule has 130 valence electrons. The standard InChI is InChI=1S/C16H34N4O2/c1-12(2)20(13(3)4)10-8-9-18-16(17-6)19-11-14(5)15(21)22-7/h12-14H,8-11H2,1-7H3,(H2,17,18,19). The first kappa shape index (κ1) is 20.7. The fraction of sp³-hybridized carbons (Fsp3) is 0.875. The fourth-order valence-electron chi connectivity index (χ4n) is 2.34. The highest BCUT2D eigenvalue weighted by molar-refractivity contribution is 5.80. The third-order valence-electron chi connectivity index (χ3n) is 3.61. The van der Waals surface area contributed by atoms with Crippen LogP contribution in [0.2, 0.25) is 0 Å². The van der Waals surface area contributed by atoms with Crippen molar-refractivity contribution in [1.29, 1.82) is 0 Å². The molecule has 0 spiro atoms. The molecule has 0 aliphatic carbocycles. The zero-order valence-corrected chi connectivity index (χ0v) is 15.3. The van der Waals surface area contributed by atoms with E-state index in [0.717, 1.165) is 25.5 Å². The summed E-state index contributed by atoms with van der Waals surface area (Å²) in [4.78, 5) is 18.0. The van der Waals surface area contributed by atoms with Gasteiger partial charge in [0.2, 0.25) is 0 Å². The number of nitrogens with zero attached hydrogens (tertiary/aromatic N) is 2. The number of hydrogen-bond acceptors (Lipinski definition) is 4. The van der Waals surface area contributed by atoms with E-state index in [1.165, 1.54) is 7.11 Å². The average molecular weight is 314 g/mol. The Bertz CT molecular complexity index is 335. The minimum Gasteiger partial charge on any atom is -0.469 e. The molecular formula is C16H34N4O2. The molecule has 6 nitrogen and oxygen atoms in total. The summed E-state index contributed by atoms with van der Waals surface area (Å²) in [7, 11) is 3.13. The quantitative estimate of drug-likeness (QED) is 0.292. The van der Waals surface area contributed by atoms with Crippen LogP contribution in [-0.2, 0) is 9.53 Å². The van der Waals surface area contributed by atoms with Crippen molar-refractivity contribution in [2.24, 2.45) is 10.9 Å². The number of ether oxygens (including phenoxy) is 1. The molecule has 0 aromatic carbocycles. The predicted octanol–water partition coefficient (Wildman–Crippen LogP) is 1.47. The van der Waals surface area contributed by atoms with E-state index in [0.29, 0.717) is 18.6 Å². The van der Waals surface area contributed by atoms with Crippen LogP contribution in [0, 0.1) is 5.92 Å². The minimum atomic E-state index is -0.215. The maximum absolute atomic E-state index is 11.3. The number of nitrogens with one attached hydrogen (secondary N) is 2. The van der Waals surface area contributed by atoms with Gasteiger partial charge in [-0.25, -0.2) is 0 Å². The fourth-order valence-corrected chi connectivity index (χ4v) is 2.34. The first-order chi connectivity index (χ1) is 10.3. The summed E-state index contributed by atoms with van der Waals surface area (Å²) in [6.45, 7) is 13.1. The Morgan fingerprint density at radius 3 is 2.18 bits per heavy atom. The van der Waals surface area contributed by atoms with Gasteiger partial charge in [-0.15, -0.1) is 0 Å². The Hall–Kier alpha value is -1.30. The van der Waals surface area contributed by atoms with Crippen molar-refractivity contribution in [3.8, 4) is 0 Å². The van der Waals surface area contributed by atoms with E-state index in [1.54, 1.807) is 7.05 Å². The van der Waals surface area contributed by atoms with Gasteiger partial charge >= 0.3 is 5.97 Å². The van der Waals surface area contributed by atoms with Gasteiger partial charge in [-0.05, 0) is 34.1 Å². The monoisotopic (exact) mass is 314 g/mol. The van der Waals surface area contributed by atoms with E-state index in [-0.39, 0.29) is 11.9 Å². The minimum absolute atomic E-state index is 0.194. The molecule has 0 saturated carbocycles. The lowest BCUT2D eigenvalue weighted by Crippen LogP contribution is -2.43. The second-order valence-electron chi connectivity index (χ2n) is 6.08. The maximum Gasteiger partial charge on any atom is 0.310 e. The van der Waals surface area contributed by atoms with E-state index in [1.807, 2.05) is 6.92 Å². The highest BCUT2D eigenvalue weighted by atomic mass is 16.5. The molecule has 0 rings (SSSR count). The summed E-state index contributed by atoms with van der Waals surface area (Å²) >= 11 is 0. The number of hydrogen-bond donors (Lipinski definition) is 2. The molecule has 0 saturated heterocycles. The van der Waals surface area contributed by atoms with E-state index in [2.05, 4.69) is 48.2 Å². The Labute approximate surface area is 135 Å². The maximum atomic E-state index is 11.3. The summed E-state index contributed by atoms with van der Waals surface area (Å²) in [5, 5.41) is 6.42. The van der Waals surface area contributed by atoms with E-state index in [4.69, 9.17) is 4.74 Å². The van der Waals surface area contributed by atoms with Crippen molar-refractivity contribution < 1.29 is 9.53 Å². The Morgan fingerprint density at radius 2 is 1.73 bits per heavy atom. The summed E-state index contributed by atoms with van der Waals surface area (Å²) < 4.78 is 4.70. The molecule has 0 aliphatic heterocycles. The first-order valence-corrected chi connectivity index (χ1v) is 8.11. The molecule has 2 N–H and O–H groups in total. The van der Waals surface area contributed by atoms with Crippen molar-refractivity contribution in [3.05, 3.63) is 0 Å². The SMILES string of the molecule is CN=C(NCCCN(C(C)C)C(C)C)NCC(C)C(=O)OC. The van der Waals surface area contributed by atoms with Crippen LogP contribution in [-0.4, -0.2) is 62.7 Å². The van der Waals surface area contributed by atoms with Crippen LogP contribution >= 0.6 is 0 Å². The van der Waals surface area contributed by atoms with Crippen LogP contribution < -0.4 is 10.6 Å². The van der Waals surface area contributed by atoms with E-state index in [9.17, 15) is 4.79 Å². The smallest absolute Gasteiger partial charge is 0.310 e. The largest absolute Gasteiger partial charge is 0.469 e. The summed E-state index contributed by atoms with van der Waals surface area (Å²) in [6, 6.07) is 1.11. The lowest BCUT2D eigenvalue weighted by molar-refractivity contribution is -0.144. The van der Waals surface area contributed by atoms with Crippen LogP contribution in [0.1, 0.15) is 41.0 Å². The molecule has 0 amide bonds. The van der Waals surface area contributed by atoms with Gasteiger partial charge in [0.05, 0.1) is 13.0 Å². The molecule has 22 heavy (non-hydrogen) atoms. The number of guanidine groups is 1. The summed E-state index contributed by atoms with van der Waals surface area (Å²) in [5.41, 5.74) is 0. The lowest BCUT2D eigenvalue weighted by Gasteiger charge is -2.30. The molecule has 0 heterocycles. The zero-order chi connectivity index (χ0) is 17.1. The molecule has 6 heteroatoms. The Balaban J connectivity index is 4.04. The van der Waals surface area contributed by atoms with Gasteiger partial charge in [0, 0.05) is 38.8 Å². The van der Waals surface area contributed by atoms with Crippen molar-refractivity contribution in [3.63, 3.8) is 0 Å². The van der Waals surface area contributed by atoms with Crippen LogP contribution in [0.15, 0.2) is 4.99 Å². The number of methoxy groups -OCH3 is 1. The van der Waals surface area contributed by atoms with Crippen LogP contribution in [0.25, 0.3) is 0 Å². The Kier molecular flexibility index (Phi) is 10.6. The van der Waals surface area contributed by atoms with E-state index >= 15 is 0 Å². The third kappa shape index (κ3) is 8.22. The van der Waals surface area contributed by atoms with Gasteiger partial charge in [-0.3, -0.25) is 14.7 Å². The molecule has 1 atom stereocenters. The number of aliphatic imine (C=N–C) groups is 1. The van der Waals surface area contributed by atoms with Crippen molar-refractivity contribution in [1.82, 2.24) is 15.5 Å². The van der Waals surface area contributed by atoms with Gasteiger partial charge in [0.25, 0.3) is 0 Å². The molecule has 0 aromatic heterocycles. The predicted molar refractivity (Wildman–Crippen MR) is 92.1 cm³/mol. The van der Waals surface area contributed by atoms with Crippen LogP contribution in [0.3, 0.4) is 0 Å². The molecule has 0 aliphatic rings. The van der Waals surface area contributed by atoms with Gasteiger partial charge in [-0.2, -0.15) is 0 Å². The van der Waals surface area contributed by atoms with Gasteiger partial charge < -0.3 is 15.4 Å². The first-order valence-electron chi connectivity index (χ1n) is 8.11. The molecule has 0 radical (unpaired) electrons. The number of carbonyl (C=O) groups is 1. The topological polar surface area (TPSA) is 66.0 Å². The highest BCUT2D eigenvalue weighted by Gasteiger charge is 2.14. The van der Waals surface area contributed by atoms with Gasteiger partial charge in [-0.1, -0.05) is 6.92 Å². The van der Waals surface area contributed by atoms with Gasteiger partial charge in [0.1, 0.15) is 0 Å². The normalized spacial score (nSPS) is 13.6. The lowest BCUT2D eigenvalue weighted by atomic mass is 10.2. The van der Waals surface area contributed by atoms with Crippen molar-refractivity contribution in [2.75, 3.05) is 33.8 Å². The molecule has 1 unspecified atom stereocenters. The molecule has 0 bridgehead atoms. The molecule has 0 aromatic rings. The van der Waals surface area contributed by atoms with Crippen LogP contribution in [0.4, 0.5) is 0 Å². The van der Waals surface area contributed by atoms with Crippen LogP contribution in [0.5, 0.6) is 0 Å². The number of carbonyl (C=O) groups excluding carboxylic acids is 1. The molecule has 0 fully saturated rings. The molecular weight excluding hydrogens is 280 g/mol. The van der Waals surface area contributed by atoms with Gasteiger partial charge in [0.15, 0.2) is 5.96 Å². The Morgan fingerprint density at radius 1 is 1.14 bits per heavy atom.